The molecule has 0 saturated carbocycles. The van der Waals surface area contributed by atoms with Gasteiger partial charge in [0.2, 0.25) is 0 Å². The number of carbonyl (C=O) groups is 2. The lowest BCUT2D eigenvalue weighted by atomic mass is 9.97. The van der Waals surface area contributed by atoms with Crippen LogP contribution in [0.25, 0.3) is 0 Å². The first-order chi connectivity index (χ1) is 10.8. The lowest BCUT2D eigenvalue weighted by Crippen LogP contribution is -2.42. The van der Waals surface area contributed by atoms with Crippen molar-refractivity contribution in [3.05, 3.63) is 35.9 Å². The number of alkyl carbamates (subject to hydrolysis) is 1. The molecule has 128 valence electrons. The average molecular weight is 322 g/mol. The molecule has 0 aromatic heterocycles. The Morgan fingerprint density at radius 1 is 1.26 bits per heavy atom. The zero-order chi connectivity index (χ0) is 17.3. The normalized spacial score (nSPS) is 12.3. The van der Waals surface area contributed by atoms with Crippen LogP contribution in [0.1, 0.15) is 38.7 Å². The third kappa shape index (κ3) is 8.21. The molecule has 0 spiro atoms. The highest BCUT2D eigenvalue weighted by molar-refractivity contribution is 5.81. The highest BCUT2D eigenvalue weighted by atomic mass is 16.6. The van der Waals surface area contributed by atoms with Gasteiger partial charge in [-0.1, -0.05) is 30.3 Å². The number of rotatable bonds is 8. The minimum absolute atomic E-state index is 0.149. The van der Waals surface area contributed by atoms with Gasteiger partial charge in [-0.15, -0.1) is 0 Å². The molecule has 0 heterocycles. The molecule has 23 heavy (non-hydrogen) atoms. The van der Waals surface area contributed by atoms with Crippen LogP contribution in [0.4, 0.5) is 4.79 Å². The lowest BCUT2D eigenvalue weighted by Gasteiger charge is -2.20. The van der Waals surface area contributed by atoms with Crippen molar-refractivity contribution in [2.45, 2.75) is 51.3 Å². The van der Waals surface area contributed by atoms with E-state index in [-0.39, 0.29) is 12.1 Å². The van der Waals surface area contributed by atoms with E-state index in [1.54, 1.807) is 0 Å². The van der Waals surface area contributed by atoms with Crippen molar-refractivity contribution in [2.24, 2.45) is 5.73 Å². The van der Waals surface area contributed by atoms with E-state index in [1.807, 2.05) is 44.2 Å². The topological polar surface area (TPSA) is 90.6 Å². The van der Waals surface area contributed by atoms with Gasteiger partial charge in [-0.3, -0.25) is 0 Å². The summed E-state index contributed by atoms with van der Waals surface area (Å²) in [6.45, 7) is 3.99. The molecular formula is C17H26N2O4. The van der Waals surface area contributed by atoms with Crippen molar-refractivity contribution in [3.63, 3.8) is 0 Å². The van der Waals surface area contributed by atoms with Gasteiger partial charge in [0, 0.05) is 5.54 Å². The number of nitrogens with two attached hydrogens (primary N) is 1. The van der Waals surface area contributed by atoms with Crippen LogP contribution in [0.3, 0.4) is 0 Å². The summed E-state index contributed by atoms with van der Waals surface area (Å²) in [6, 6.07) is 8.59. The fourth-order valence-electron chi connectivity index (χ4n) is 2.06. The van der Waals surface area contributed by atoms with Crippen LogP contribution < -0.4 is 11.1 Å². The quantitative estimate of drug-likeness (QED) is 0.717. The second-order valence-corrected chi connectivity index (χ2v) is 6.16. The van der Waals surface area contributed by atoms with Crippen LogP contribution in [-0.4, -0.2) is 30.8 Å². The second kappa shape index (κ2) is 9.15. The maximum Gasteiger partial charge on any atom is 0.408 e. The molecule has 0 aliphatic rings. The third-order valence-corrected chi connectivity index (χ3v) is 3.30. The number of ether oxygens (including phenoxy) is 2. The Kier molecular flexibility index (Phi) is 7.54. The molecule has 1 amide bonds. The Bertz CT molecular complexity index is 497. The van der Waals surface area contributed by atoms with Crippen molar-refractivity contribution in [3.8, 4) is 0 Å². The van der Waals surface area contributed by atoms with E-state index in [0.717, 1.165) is 12.0 Å². The summed E-state index contributed by atoms with van der Waals surface area (Å²) in [7, 11) is 1.29. The lowest BCUT2D eigenvalue weighted by molar-refractivity contribution is -0.143. The first-order valence-electron chi connectivity index (χ1n) is 7.66. The number of hydrogen-bond donors (Lipinski definition) is 2. The Balaban J connectivity index is 2.45. The molecule has 1 aromatic carbocycles. The van der Waals surface area contributed by atoms with Crippen molar-refractivity contribution in [2.75, 3.05) is 7.11 Å². The van der Waals surface area contributed by atoms with Crippen molar-refractivity contribution >= 4 is 12.1 Å². The zero-order valence-electron chi connectivity index (χ0n) is 14.0. The Labute approximate surface area is 137 Å². The van der Waals surface area contributed by atoms with Crippen molar-refractivity contribution in [1.29, 1.82) is 0 Å². The van der Waals surface area contributed by atoms with E-state index in [9.17, 15) is 9.59 Å². The molecule has 0 saturated heterocycles. The summed E-state index contributed by atoms with van der Waals surface area (Å²) in [5.41, 5.74) is 6.48. The zero-order valence-corrected chi connectivity index (χ0v) is 14.0. The maximum absolute atomic E-state index is 11.8. The molecule has 1 rings (SSSR count). The molecule has 1 atom stereocenters. The van der Waals surface area contributed by atoms with E-state index in [2.05, 4.69) is 5.32 Å². The number of benzene rings is 1. The smallest absolute Gasteiger partial charge is 0.408 e. The Morgan fingerprint density at radius 3 is 2.48 bits per heavy atom. The molecular weight excluding hydrogens is 296 g/mol. The van der Waals surface area contributed by atoms with Crippen LogP contribution in [-0.2, 0) is 20.9 Å². The molecule has 0 unspecified atom stereocenters. The first-order valence-corrected chi connectivity index (χ1v) is 7.66. The van der Waals surface area contributed by atoms with Crippen LogP contribution in [0.5, 0.6) is 0 Å². The first kappa shape index (κ1) is 19.0. The molecule has 3 N–H and O–H groups in total. The highest BCUT2D eigenvalue weighted by Gasteiger charge is 2.23. The average Bonchev–Trinajstić information content (AvgIpc) is 2.51. The summed E-state index contributed by atoms with van der Waals surface area (Å²) < 4.78 is 9.84. The fourth-order valence-corrected chi connectivity index (χ4v) is 2.06. The predicted octanol–water partition coefficient (Wildman–Crippen LogP) is 2.36. The molecule has 0 aliphatic heterocycles. The van der Waals surface area contributed by atoms with Gasteiger partial charge in [-0.25, -0.2) is 9.59 Å². The van der Waals surface area contributed by atoms with Gasteiger partial charge in [0.25, 0.3) is 0 Å². The summed E-state index contributed by atoms with van der Waals surface area (Å²) >= 11 is 0. The number of carbonyl (C=O) groups excluding carboxylic acids is 2. The van der Waals surface area contributed by atoms with Gasteiger partial charge in [-0.05, 0) is 38.7 Å². The third-order valence-electron chi connectivity index (χ3n) is 3.30. The highest BCUT2D eigenvalue weighted by Crippen LogP contribution is 2.12. The van der Waals surface area contributed by atoms with Gasteiger partial charge in [-0.2, -0.15) is 0 Å². The number of esters is 1. The Morgan fingerprint density at radius 2 is 1.91 bits per heavy atom. The molecule has 0 bridgehead atoms. The predicted molar refractivity (Wildman–Crippen MR) is 87.7 cm³/mol. The summed E-state index contributed by atoms with van der Waals surface area (Å²) in [5.74, 6) is -0.489. The number of nitrogens with one attached hydrogen (secondary N) is 1. The molecule has 0 aliphatic carbocycles. The molecule has 1 aromatic rings. The van der Waals surface area contributed by atoms with E-state index >= 15 is 0 Å². The molecule has 6 heteroatoms. The summed E-state index contributed by atoms with van der Waals surface area (Å²) in [5, 5.41) is 2.55. The van der Waals surface area contributed by atoms with Gasteiger partial charge in [0.15, 0.2) is 0 Å². The number of amides is 1. The van der Waals surface area contributed by atoms with Crippen LogP contribution in [0, 0.1) is 0 Å². The van der Waals surface area contributed by atoms with E-state index < -0.39 is 18.1 Å². The number of hydrogen-bond acceptors (Lipinski definition) is 5. The summed E-state index contributed by atoms with van der Waals surface area (Å²) in [4.78, 5) is 23.6. The van der Waals surface area contributed by atoms with Crippen molar-refractivity contribution < 1.29 is 19.1 Å². The van der Waals surface area contributed by atoms with E-state index in [4.69, 9.17) is 15.2 Å². The van der Waals surface area contributed by atoms with Gasteiger partial charge < -0.3 is 20.5 Å². The van der Waals surface area contributed by atoms with Crippen molar-refractivity contribution in [1.82, 2.24) is 5.32 Å². The monoisotopic (exact) mass is 322 g/mol. The largest absolute Gasteiger partial charge is 0.467 e. The second-order valence-electron chi connectivity index (χ2n) is 6.16. The van der Waals surface area contributed by atoms with Gasteiger partial charge in [0.05, 0.1) is 7.11 Å². The molecule has 6 nitrogen and oxygen atoms in total. The SMILES string of the molecule is COC(=O)[C@H](CCCC(C)(C)N)NC(=O)OCc1ccccc1. The van der Waals surface area contributed by atoms with Crippen LogP contribution >= 0.6 is 0 Å². The Hall–Kier alpha value is -2.08. The minimum Gasteiger partial charge on any atom is -0.467 e. The number of methoxy groups -OCH3 is 1. The van der Waals surface area contributed by atoms with Gasteiger partial charge >= 0.3 is 12.1 Å². The molecule has 0 fully saturated rings. The van der Waals surface area contributed by atoms with E-state index in [0.29, 0.717) is 12.8 Å². The summed E-state index contributed by atoms with van der Waals surface area (Å²) in [6.07, 6.45) is 1.24. The maximum atomic E-state index is 11.8. The fraction of sp³-hybridized carbons (Fsp3) is 0.529. The van der Waals surface area contributed by atoms with E-state index in [1.165, 1.54) is 7.11 Å². The van der Waals surface area contributed by atoms with Gasteiger partial charge in [0.1, 0.15) is 12.6 Å². The standard InChI is InChI=1S/C17H26N2O4/c1-17(2,18)11-7-10-14(15(20)22-3)19-16(21)23-12-13-8-5-4-6-9-13/h4-6,8-9,14H,7,10-12,18H2,1-3H3,(H,19,21)/t14-/m0/s1. The minimum atomic E-state index is -0.731. The van der Waals surface area contributed by atoms with Crippen LogP contribution in [0.15, 0.2) is 30.3 Å². The van der Waals surface area contributed by atoms with Crippen LogP contribution in [0.2, 0.25) is 0 Å². The molecule has 0 radical (unpaired) electrons.